The Morgan fingerprint density at radius 3 is 1.81 bits per heavy atom. The van der Waals surface area contributed by atoms with E-state index in [-0.39, 0.29) is 5.91 Å². The quantitative estimate of drug-likeness (QED) is 0.415. The van der Waals surface area contributed by atoms with E-state index in [2.05, 4.69) is 37.5 Å². The smallest absolute Gasteiger partial charge is 0.329 e. The fraction of sp³-hybridized carbons (Fsp3) is 0.333. The lowest BCUT2D eigenvalue weighted by molar-refractivity contribution is -0.188. The van der Waals surface area contributed by atoms with Crippen molar-refractivity contribution >= 4 is 23.3 Å². The zero-order valence-corrected chi connectivity index (χ0v) is 22.1. The molecule has 0 radical (unpaired) electrons. The van der Waals surface area contributed by atoms with Crippen LogP contribution in [0.4, 0.5) is 11.4 Å². The van der Waals surface area contributed by atoms with Gasteiger partial charge in [-0.1, -0.05) is 30.3 Å². The van der Waals surface area contributed by atoms with E-state index < -0.39 is 11.5 Å². The van der Waals surface area contributed by atoms with Crippen LogP contribution in [0.1, 0.15) is 61.7 Å². The number of nitrogens with zero attached hydrogens (tertiary/aromatic N) is 3. The molecule has 2 aliphatic heterocycles. The van der Waals surface area contributed by atoms with Gasteiger partial charge in [-0.15, -0.1) is 5.06 Å². The molecule has 0 aliphatic carbocycles. The Morgan fingerprint density at radius 1 is 0.811 bits per heavy atom. The molecule has 1 amide bonds. The number of anilines is 2. The van der Waals surface area contributed by atoms with E-state index in [0.29, 0.717) is 17.1 Å². The number of hydrogen-bond donors (Lipinski definition) is 0. The highest BCUT2D eigenvalue weighted by Crippen LogP contribution is 2.58. The average molecular weight is 500 g/mol. The van der Waals surface area contributed by atoms with Gasteiger partial charge in [0, 0.05) is 78.9 Å². The molecule has 0 saturated carbocycles. The molecule has 37 heavy (non-hydrogen) atoms. The molecule has 3 aromatic rings. The highest BCUT2D eigenvalue weighted by atomic mass is 16.7. The standard InChI is InChI=1S/C30H33N3O4/c1-6-31(7-2)21-14-16-25-27(18-21)36-28-19-22(32(8-3)9-4)15-17-26(28)30(25)24-13-11-10-12-23(24)29(35)33(30)37-20(5)34/h10-19H,6-9H2,1-5H3. The number of fused-ring (bicyclic) bond motifs is 6. The zero-order valence-electron chi connectivity index (χ0n) is 22.1. The van der Waals surface area contributed by atoms with Crippen LogP contribution in [0.25, 0.3) is 0 Å². The van der Waals surface area contributed by atoms with Crippen molar-refractivity contribution < 1.29 is 19.2 Å². The lowest BCUT2D eigenvalue weighted by Crippen LogP contribution is -2.48. The Labute approximate surface area is 218 Å². The van der Waals surface area contributed by atoms with Gasteiger partial charge in [-0.05, 0) is 45.9 Å². The van der Waals surface area contributed by atoms with Gasteiger partial charge in [0.25, 0.3) is 5.91 Å². The van der Waals surface area contributed by atoms with Gasteiger partial charge in [-0.3, -0.25) is 9.59 Å². The van der Waals surface area contributed by atoms with E-state index in [1.807, 2.05) is 54.6 Å². The van der Waals surface area contributed by atoms with Gasteiger partial charge in [0.1, 0.15) is 11.5 Å². The zero-order chi connectivity index (χ0) is 26.3. The fourth-order valence-electron chi connectivity index (χ4n) is 5.73. The molecule has 0 aromatic heterocycles. The summed E-state index contributed by atoms with van der Waals surface area (Å²) in [7, 11) is 0. The lowest BCUT2D eigenvalue weighted by atomic mass is 9.75. The molecular formula is C30H33N3O4. The minimum atomic E-state index is -1.17. The largest absolute Gasteiger partial charge is 0.456 e. The van der Waals surface area contributed by atoms with Crippen LogP contribution in [0.3, 0.4) is 0 Å². The molecule has 0 bridgehead atoms. The van der Waals surface area contributed by atoms with Crippen LogP contribution >= 0.6 is 0 Å². The summed E-state index contributed by atoms with van der Waals surface area (Å²) in [4.78, 5) is 36.3. The minimum absolute atomic E-state index is 0.356. The predicted molar refractivity (Wildman–Crippen MR) is 144 cm³/mol. The van der Waals surface area contributed by atoms with E-state index in [0.717, 1.165) is 54.2 Å². The maximum absolute atomic E-state index is 13.8. The number of amides is 1. The van der Waals surface area contributed by atoms with Crippen LogP contribution < -0.4 is 14.5 Å². The summed E-state index contributed by atoms with van der Waals surface area (Å²) in [6.07, 6.45) is 0. The Morgan fingerprint density at radius 2 is 1.32 bits per heavy atom. The molecule has 0 unspecified atom stereocenters. The van der Waals surface area contributed by atoms with Gasteiger partial charge in [-0.2, -0.15) is 0 Å². The first-order valence-corrected chi connectivity index (χ1v) is 13.0. The van der Waals surface area contributed by atoms with Crippen molar-refractivity contribution in [2.75, 3.05) is 36.0 Å². The molecule has 0 atom stereocenters. The summed E-state index contributed by atoms with van der Waals surface area (Å²) >= 11 is 0. The molecule has 7 heteroatoms. The molecule has 3 aromatic carbocycles. The van der Waals surface area contributed by atoms with E-state index >= 15 is 0 Å². The maximum Gasteiger partial charge on any atom is 0.329 e. The van der Waals surface area contributed by atoms with Crippen molar-refractivity contribution in [1.82, 2.24) is 5.06 Å². The second kappa shape index (κ2) is 9.47. The molecule has 5 rings (SSSR count). The van der Waals surface area contributed by atoms with Crippen molar-refractivity contribution in [3.8, 4) is 11.5 Å². The molecule has 7 nitrogen and oxygen atoms in total. The number of carbonyl (C=O) groups is 2. The first kappa shape index (κ1) is 24.7. The molecule has 0 N–H and O–H groups in total. The highest BCUT2D eigenvalue weighted by molar-refractivity contribution is 6.02. The number of carbonyl (C=O) groups excluding carboxylic acids is 2. The van der Waals surface area contributed by atoms with Crippen LogP contribution in [0.5, 0.6) is 11.5 Å². The Kier molecular flexibility index (Phi) is 6.31. The first-order valence-electron chi connectivity index (χ1n) is 13.0. The average Bonchev–Trinajstić information content (AvgIpc) is 3.14. The van der Waals surface area contributed by atoms with Gasteiger partial charge in [0.15, 0.2) is 5.54 Å². The normalized spacial score (nSPS) is 14.5. The topological polar surface area (TPSA) is 62.3 Å². The van der Waals surface area contributed by atoms with Gasteiger partial charge in [-0.25, -0.2) is 0 Å². The predicted octanol–water partition coefficient (Wildman–Crippen LogP) is 5.71. The first-order chi connectivity index (χ1) is 17.9. The Bertz CT molecular complexity index is 1300. The van der Waals surface area contributed by atoms with E-state index in [1.54, 1.807) is 6.07 Å². The van der Waals surface area contributed by atoms with E-state index in [1.165, 1.54) is 12.0 Å². The summed E-state index contributed by atoms with van der Waals surface area (Å²) < 4.78 is 6.60. The number of benzene rings is 3. The van der Waals surface area contributed by atoms with Gasteiger partial charge in [0.2, 0.25) is 0 Å². The van der Waals surface area contributed by atoms with Crippen molar-refractivity contribution in [3.05, 3.63) is 82.9 Å². The molecule has 2 aliphatic rings. The third kappa shape index (κ3) is 3.64. The molecule has 192 valence electrons. The van der Waals surface area contributed by atoms with Gasteiger partial charge >= 0.3 is 5.97 Å². The monoisotopic (exact) mass is 499 g/mol. The van der Waals surface area contributed by atoms with Crippen LogP contribution in [-0.4, -0.2) is 43.1 Å². The second-order valence-electron chi connectivity index (χ2n) is 9.25. The van der Waals surface area contributed by atoms with Crippen molar-refractivity contribution in [3.63, 3.8) is 0 Å². The number of hydrogen-bond acceptors (Lipinski definition) is 6. The molecule has 0 saturated heterocycles. The molecule has 0 fully saturated rings. The van der Waals surface area contributed by atoms with Crippen LogP contribution in [-0.2, 0) is 15.2 Å². The van der Waals surface area contributed by atoms with Crippen LogP contribution in [0, 0.1) is 0 Å². The van der Waals surface area contributed by atoms with Crippen molar-refractivity contribution in [1.29, 1.82) is 0 Å². The van der Waals surface area contributed by atoms with Crippen LogP contribution in [0.2, 0.25) is 0 Å². The number of ether oxygens (including phenoxy) is 1. The Hall–Kier alpha value is -4.00. The number of hydroxylamine groups is 2. The Balaban J connectivity index is 1.84. The minimum Gasteiger partial charge on any atom is -0.456 e. The lowest BCUT2D eigenvalue weighted by Gasteiger charge is -2.42. The molecule has 1 spiro atoms. The summed E-state index contributed by atoms with van der Waals surface area (Å²) in [5.41, 5.74) is 3.66. The van der Waals surface area contributed by atoms with Crippen molar-refractivity contribution in [2.24, 2.45) is 0 Å². The van der Waals surface area contributed by atoms with E-state index in [4.69, 9.17) is 9.57 Å². The van der Waals surface area contributed by atoms with Gasteiger partial charge in [0.05, 0.1) is 0 Å². The van der Waals surface area contributed by atoms with E-state index in [9.17, 15) is 9.59 Å². The van der Waals surface area contributed by atoms with Crippen LogP contribution in [0.15, 0.2) is 60.7 Å². The summed E-state index contributed by atoms with van der Waals surface area (Å²) in [5, 5.41) is 1.24. The third-order valence-corrected chi connectivity index (χ3v) is 7.44. The highest BCUT2D eigenvalue weighted by Gasteiger charge is 2.58. The maximum atomic E-state index is 13.8. The second-order valence-corrected chi connectivity index (χ2v) is 9.25. The molecule has 2 heterocycles. The SMILES string of the molecule is CCN(CC)c1ccc2c(c1)Oc1cc(N(CC)CC)ccc1C21c2ccccc2C(=O)N1OC(C)=O. The van der Waals surface area contributed by atoms with Gasteiger partial charge < -0.3 is 19.4 Å². The fourth-order valence-corrected chi connectivity index (χ4v) is 5.73. The summed E-state index contributed by atoms with van der Waals surface area (Å²) in [6.45, 7) is 13.2. The summed E-state index contributed by atoms with van der Waals surface area (Å²) in [5.74, 6) is 0.352. The summed E-state index contributed by atoms with van der Waals surface area (Å²) in [6, 6.07) is 19.6. The van der Waals surface area contributed by atoms with Crippen molar-refractivity contribution in [2.45, 2.75) is 40.2 Å². The number of rotatable bonds is 7. The third-order valence-electron chi connectivity index (χ3n) is 7.44. The molecular weight excluding hydrogens is 466 g/mol.